The van der Waals surface area contributed by atoms with Gasteiger partial charge in [-0.25, -0.2) is 4.79 Å². The Morgan fingerprint density at radius 1 is 1.14 bits per heavy atom. The third-order valence-corrected chi connectivity index (χ3v) is 5.68. The zero-order valence-electron chi connectivity index (χ0n) is 21.0. The number of rotatable bonds is 7. The Kier molecular flexibility index (Phi) is 6.58. The molecule has 2 aromatic carbocycles. The van der Waals surface area contributed by atoms with Crippen LogP contribution in [-0.2, 0) is 11.3 Å². The number of Topliss-reactive ketones (excluding diaryl/α,β-unsaturated/α-hetero) is 1. The first kappa shape index (κ1) is 25.0. The number of amides is 1. The highest BCUT2D eigenvalue weighted by atomic mass is 16.6. The molecule has 0 aliphatic carbocycles. The first-order valence-electron chi connectivity index (χ1n) is 11.7. The van der Waals surface area contributed by atoms with Crippen LogP contribution in [0.2, 0.25) is 0 Å². The number of fused-ring (bicyclic) bond motifs is 2. The molecule has 2 heterocycles. The van der Waals surface area contributed by atoms with Gasteiger partial charge in [-0.15, -0.1) is 0 Å². The van der Waals surface area contributed by atoms with Crippen LogP contribution in [0, 0.1) is 5.41 Å². The summed E-state index contributed by atoms with van der Waals surface area (Å²) in [5.74, 6) is -0.379. The molecule has 4 rings (SSSR count). The molecule has 0 bridgehead atoms. The Labute approximate surface area is 208 Å². The summed E-state index contributed by atoms with van der Waals surface area (Å²) in [6.45, 7) is 7.89. The fraction of sp³-hybridized carbons (Fsp3) is 0.333. The molecular formula is C27H29N3O6. The molecule has 3 aromatic rings. The maximum absolute atomic E-state index is 13.1. The predicted molar refractivity (Wildman–Crippen MR) is 134 cm³/mol. The zero-order valence-corrected chi connectivity index (χ0v) is 21.0. The SMILES string of the molecule is CCOc1cc2c(cc1C(=O)NC)C(=N)N(CC(=O)c1ccc3oc(C(=O)OC(C)(C)C)cc3c1)C2. The van der Waals surface area contributed by atoms with E-state index >= 15 is 0 Å². The zero-order chi connectivity index (χ0) is 26.2. The molecule has 1 aromatic heterocycles. The van der Waals surface area contributed by atoms with Crippen molar-refractivity contribution in [1.82, 2.24) is 10.2 Å². The maximum atomic E-state index is 13.1. The quantitative estimate of drug-likeness (QED) is 0.376. The highest BCUT2D eigenvalue weighted by Crippen LogP contribution is 2.31. The van der Waals surface area contributed by atoms with Crippen molar-refractivity contribution in [3.05, 3.63) is 64.4 Å². The van der Waals surface area contributed by atoms with Gasteiger partial charge in [-0.05, 0) is 69.7 Å². The van der Waals surface area contributed by atoms with Crippen LogP contribution in [0.5, 0.6) is 5.75 Å². The van der Waals surface area contributed by atoms with Crippen molar-refractivity contribution in [2.24, 2.45) is 0 Å². The minimum absolute atomic E-state index is 0.0188. The van der Waals surface area contributed by atoms with Crippen molar-refractivity contribution in [3.8, 4) is 5.75 Å². The summed E-state index contributed by atoms with van der Waals surface area (Å²) in [5, 5.41) is 11.8. The lowest BCUT2D eigenvalue weighted by atomic mass is 10.0. The van der Waals surface area contributed by atoms with Gasteiger partial charge in [0.15, 0.2) is 5.78 Å². The molecule has 1 aliphatic rings. The van der Waals surface area contributed by atoms with Crippen LogP contribution >= 0.6 is 0 Å². The van der Waals surface area contributed by atoms with E-state index in [4.69, 9.17) is 19.3 Å². The number of hydrogen-bond acceptors (Lipinski definition) is 7. The molecule has 2 N–H and O–H groups in total. The molecule has 0 saturated carbocycles. The van der Waals surface area contributed by atoms with Gasteiger partial charge >= 0.3 is 5.97 Å². The van der Waals surface area contributed by atoms with Gasteiger partial charge in [-0.2, -0.15) is 0 Å². The second-order valence-electron chi connectivity index (χ2n) is 9.51. The van der Waals surface area contributed by atoms with Gasteiger partial charge in [0.2, 0.25) is 5.76 Å². The van der Waals surface area contributed by atoms with Crippen LogP contribution in [0.15, 0.2) is 40.8 Å². The average molecular weight is 492 g/mol. The van der Waals surface area contributed by atoms with E-state index in [1.54, 1.807) is 62.1 Å². The van der Waals surface area contributed by atoms with Crippen molar-refractivity contribution in [3.63, 3.8) is 0 Å². The highest BCUT2D eigenvalue weighted by Gasteiger charge is 2.29. The summed E-state index contributed by atoms with van der Waals surface area (Å²) in [6, 6.07) is 9.91. The van der Waals surface area contributed by atoms with Crippen molar-refractivity contribution in [1.29, 1.82) is 5.41 Å². The largest absolute Gasteiger partial charge is 0.493 e. The Balaban J connectivity index is 1.53. The predicted octanol–water partition coefficient (Wildman–Crippen LogP) is 4.17. The molecule has 9 heteroatoms. The van der Waals surface area contributed by atoms with Crippen LogP contribution in [0.4, 0.5) is 0 Å². The minimum atomic E-state index is -0.653. The minimum Gasteiger partial charge on any atom is -0.493 e. The first-order chi connectivity index (χ1) is 17.0. The number of benzene rings is 2. The number of carbonyl (C=O) groups excluding carboxylic acids is 3. The van der Waals surface area contributed by atoms with Gasteiger partial charge in [-0.1, -0.05) is 0 Å². The van der Waals surface area contributed by atoms with E-state index in [1.165, 1.54) is 7.05 Å². The van der Waals surface area contributed by atoms with Crippen molar-refractivity contribution < 1.29 is 28.3 Å². The standard InChI is InChI=1S/C27H29N3O6/c1-6-34-22-11-17-13-30(24(28)18(17)12-19(22)25(32)29-5)14-20(31)15-7-8-21-16(9-15)10-23(35-21)26(33)36-27(2,3)4/h7-12,28H,6,13-14H2,1-5H3,(H,29,32). The van der Waals surface area contributed by atoms with Gasteiger partial charge in [0.1, 0.15) is 22.8 Å². The lowest BCUT2D eigenvalue weighted by molar-refractivity contribution is 0.00379. The normalized spacial score (nSPS) is 13.0. The van der Waals surface area contributed by atoms with Crippen molar-refractivity contribution >= 4 is 34.5 Å². The molecule has 0 fully saturated rings. The maximum Gasteiger partial charge on any atom is 0.374 e. The highest BCUT2D eigenvalue weighted by molar-refractivity contribution is 6.08. The monoisotopic (exact) mass is 491 g/mol. The smallest absolute Gasteiger partial charge is 0.374 e. The number of esters is 1. The van der Waals surface area contributed by atoms with E-state index < -0.39 is 11.6 Å². The van der Waals surface area contributed by atoms with Gasteiger partial charge in [0.05, 0.1) is 18.7 Å². The lowest BCUT2D eigenvalue weighted by Crippen LogP contribution is -2.30. The first-order valence-corrected chi connectivity index (χ1v) is 11.7. The number of nitrogens with zero attached hydrogens (tertiary/aromatic N) is 1. The summed E-state index contributed by atoms with van der Waals surface area (Å²) < 4.78 is 16.6. The molecule has 1 amide bonds. The van der Waals surface area contributed by atoms with Crippen LogP contribution in [-0.4, -0.2) is 54.2 Å². The molecule has 0 atom stereocenters. The second-order valence-corrected chi connectivity index (χ2v) is 9.51. The van der Waals surface area contributed by atoms with Crippen LogP contribution in [0.25, 0.3) is 11.0 Å². The summed E-state index contributed by atoms with van der Waals surface area (Å²) in [5.41, 5.74) is 2.01. The molecule has 188 valence electrons. The van der Waals surface area contributed by atoms with Crippen LogP contribution in [0.1, 0.15) is 70.1 Å². The average Bonchev–Trinajstić information content (AvgIpc) is 3.37. The summed E-state index contributed by atoms with van der Waals surface area (Å²) in [6.07, 6.45) is 0. The molecule has 9 nitrogen and oxygen atoms in total. The molecule has 0 radical (unpaired) electrons. The molecule has 36 heavy (non-hydrogen) atoms. The molecule has 0 saturated heterocycles. The van der Waals surface area contributed by atoms with E-state index in [0.717, 1.165) is 5.56 Å². The second kappa shape index (κ2) is 9.49. The number of ether oxygens (including phenoxy) is 2. The van der Waals surface area contributed by atoms with E-state index in [1.807, 2.05) is 6.92 Å². The number of furan rings is 1. The topological polar surface area (TPSA) is 122 Å². The van der Waals surface area contributed by atoms with Gasteiger partial charge in [0.25, 0.3) is 5.91 Å². The summed E-state index contributed by atoms with van der Waals surface area (Å²) in [7, 11) is 1.54. The Bertz CT molecular complexity index is 1380. The summed E-state index contributed by atoms with van der Waals surface area (Å²) in [4.78, 5) is 39.4. The van der Waals surface area contributed by atoms with Crippen LogP contribution in [0.3, 0.4) is 0 Å². The van der Waals surface area contributed by atoms with Crippen molar-refractivity contribution in [2.45, 2.75) is 39.8 Å². The van der Waals surface area contributed by atoms with E-state index in [-0.39, 0.29) is 29.8 Å². The fourth-order valence-electron chi connectivity index (χ4n) is 4.06. The van der Waals surface area contributed by atoms with E-state index in [0.29, 0.717) is 46.6 Å². The van der Waals surface area contributed by atoms with Gasteiger partial charge in [-0.3, -0.25) is 15.0 Å². The Hall–Kier alpha value is -4.14. The number of amidine groups is 1. The summed E-state index contributed by atoms with van der Waals surface area (Å²) >= 11 is 0. The van der Waals surface area contributed by atoms with E-state index in [2.05, 4.69) is 5.32 Å². The third kappa shape index (κ3) is 4.95. The fourth-order valence-corrected chi connectivity index (χ4v) is 4.06. The number of hydrogen-bond donors (Lipinski definition) is 2. The van der Waals surface area contributed by atoms with Crippen LogP contribution < -0.4 is 10.1 Å². The van der Waals surface area contributed by atoms with Gasteiger partial charge in [0, 0.05) is 30.1 Å². The number of ketones is 1. The Morgan fingerprint density at radius 2 is 1.89 bits per heavy atom. The molecular weight excluding hydrogens is 462 g/mol. The lowest BCUT2D eigenvalue weighted by Gasteiger charge is -2.18. The molecule has 1 aliphatic heterocycles. The Morgan fingerprint density at radius 3 is 2.56 bits per heavy atom. The molecule has 0 spiro atoms. The number of carbonyl (C=O) groups is 3. The third-order valence-electron chi connectivity index (χ3n) is 5.68. The number of nitrogens with one attached hydrogen (secondary N) is 2. The molecule has 0 unspecified atom stereocenters. The van der Waals surface area contributed by atoms with Crippen molar-refractivity contribution in [2.75, 3.05) is 20.2 Å². The van der Waals surface area contributed by atoms with E-state index in [9.17, 15) is 14.4 Å². The van der Waals surface area contributed by atoms with Gasteiger partial charge < -0.3 is 24.1 Å².